The Morgan fingerprint density at radius 3 is 2.65 bits per heavy atom. The van der Waals surface area contributed by atoms with Crippen molar-refractivity contribution in [2.24, 2.45) is 5.73 Å². The van der Waals surface area contributed by atoms with Crippen LogP contribution in [0.4, 0.5) is 8.78 Å². The highest BCUT2D eigenvalue weighted by atomic mass is 19.1. The number of amides is 1. The van der Waals surface area contributed by atoms with Gasteiger partial charge >= 0.3 is 0 Å². The van der Waals surface area contributed by atoms with Crippen LogP contribution in [0.15, 0.2) is 42.5 Å². The van der Waals surface area contributed by atoms with Gasteiger partial charge in [-0.05, 0) is 42.2 Å². The fourth-order valence-corrected chi connectivity index (χ4v) is 3.48. The number of halogens is 2. The molecule has 0 spiro atoms. The number of alkyl halides is 1. The number of hydrogen-bond acceptors (Lipinski definition) is 3. The van der Waals surface area contributed by atoms with Gasteiger partial charge in [-0.2, -0.15) is 9.49 Å². The van der Waals surface area contributed by atoms with Gasteiger partial charge in [0.05, 0.1) is 16.6 Å². The summed E-state index contributed by atoms with van der Waals surface area (Å²) in [7, 11) is 0. The molecule has 2 heterocycles. The van der Waals surface area contributed by atoms with E-state index in [4.69, 9.17) is 5.73 Å². The third-order valence-electron chi connectivity index (χ3n) is 4.82. The molecule has 3 N–H and O–H groups in total. The molecular weight excluding hydrogens is 338 g/mol. The molecule has 0 radical (unpaired) electrons. The monoisotopic (exact) mass is 356 g/mol. The minimum Gasteiger partial charge on any atom is -0.366 e. The van der Waals surface area contributed by atoms with Crippen LogP contribution < -0.4 is 11.1 Å². The summed E-state index contributed by atoms with van der Waals surface area (Å²) in [6.07, 6.45) is -0.372. The summed E-state index contributed by atoms with van der Waals surface area (Å²) in [5.74, 6) is -1.11. The molecule has 1 saturated heterocycles. The summed E-state index contributed by atoms with van der Waals surface area (Å²) in [6.45, 7) is 1.11. The molecule has 26 heavy (non-hydrogen) atoms. The van der Waals surface area contributed by atoms with Crippen LogP contribution in [0.5, 0.6) is 0 Å². The third kappa shape index (κ3) is 2.84. The summed E-state index contributed by atoms with van der Waals surface area (Å²) in [6, 6.07) is 11.9. The molecule has 0 unspecified atom stereocenters. The topological polar surface area (TPSA) is 72.9 Å². The molecule has 1 aromatic heterocycles. The van der Waals surface area contributed by atoms with Crippen molar-refractivity contribution in [1.82, 2.24) is 15.1 Å². The second kappa shape index (κ2) is 6.49. The molecule has 2 atom stereocenters. The van der Waals surface area contributed by atoms with Gasteiger partial charge in [-0.15, -0.1) is 0 Å². The van der Waals surface area contributed by atoms with Crippen LogP contribution in [0.25, 0.3) is 16.6 Å². The zero-order valence-electron chi connectivity index (χ0n) is 14.0. The quantitative estimate of drug-likeness (QED) is 0.758. The van der Waals surface area contributed by atoms with E-state index in [-0.39, 0.29) is 22.4 Å². The molecule has 4 rings (SSSR count). The Morgan fingerprint density at radius 1 is 1.19 bits per heavy atom. The van der Waals surface area contributed by atoms with E-state index in [2.05, 4.69) is 10.4 Å². The normalized spacial score (nSPS) is 20.4. The number of hydrogen-bond donors (Lipinski definition) is 2. The number of carbonyl (C=O) groups is 1. The first-order valence-corrected chi connectivity index (χ1v) is 8.46. The van der Waals surface area contributed by atoms with Crippen molar-refractivity contribution in [1.29, 1.82) is 0 Å². The lowest BCUT2D eigenvalue weighted by Crippen LogP contribution is -2.36. The van der Waals surface area contributed by atoms with Crippen LogP contribution in [0.3, 0.4) is 0 Å². The number of nitrogens with two attached hydrogens (primary N) is 1. The number of rotatable bonds is 3. The Kier molecular flexibility index (Phi) is 4.16. The number of benzene rings is 2. The smallest absolute Gasteiger partial charge is 0.250 e. The van der Waals surface area contributed by atoms with Crippen LogP contribution in [0, 0.1) is 5.95 Å². The minimum atomic E-state index is -0.852. The Bertz CT molecular complexity index is 968. The number of nitrogens with one attached hydrogen (secondary N) is 1. The van der Waals surface area contributed by atoms with Gasteiger partial charge in [0.25, 0.3) is 5.91 Å². The van der Waals surface area contributed by atoms with Crippen LogP contribution in [-0.2, 0) is 0 Å². The summed E-state index contributed by atoms with van der Waals surface area (Å²) >= 11 is 0. The zero-order valence-corrected chi connectivity index (χ0v) is 14.0. The standard InChI is InChI=1S/C19H18F2N4O/c20-13-8-12(9-23-10-13)11-4-6-14(7-5-11)25-18(21)15-2-1-3-16(19(22)26)17(15)24-25/h1-7,12-13,23H,8-10H2,(H2,22,26)/t12-,13-/m1/s1. The number of aromatic nitrogens is 2. The van der Waals surface area contributed by atoms with Crippen molar-refractivity contribution in [3.63, 3.8) is 0 Å². The Balaban J connectivity index is 1.70. The summed E-state index contributed by atoms with van der Waals surface area (Å²) < 4.78 is 29.5. The van der Waals surface area contributed by atoms with E-state index in [1.807, 2.05) is 12.1 Å². The number of piperidine rings is 1. The molecule has 0 aliphatic carbocycles. The predicted octanol–water partition coefficient (Wildman–Crippen LogP) is 2.68. The van der Waals surface area contributed by atoms with Crippen molar-refractivity contribution in [2.45, 2.75) is 18.5 Å². The van der Waals surface area contributed by atoms with Gasteiger partial charge in [0.15, 0.2) is 0 Å². The molecular formula is C19H18F2N4O. The number of primary amides is 1. The van der Waals surface area contributed by atoms with E-state index in [1.54, 1.807) is 24.3 Å². The molecule has 0 saturated carbocycles. The van der Waals surface area contributed by atoms with E-state index in [9.17, 15) is 13.6 Å². The number of fused-ring (bicyclic) bond motifs is 1. The highest BCUT2D eigenvalue weighted by Gasteiger charge is 2.23. The van der Waals surface area contributed by atoms with Crippen molar-refractivity contribution < 1.29 is 13.6 Å². The Labute approximate surface area is 148 Å². The third-order valence-corrected chi connectivity index (χ3v) is 4.82. The van der Waals surface area contributed by atoms with Crippen molar-refractivity contribution in [3.8, 4) is 5.69 Å². The minimum absolute atomic E-state index is 0.0933. The average molecular weight is 356 g/mol. The molecule has 5 nitrogen and oxygen atoms in total. The highest BCUT2D eigenvalue weighted by molar-refractivity contribution is 6.04. The molecule has 134 valence electrons. The summed E-state index contributed by atoms with van der Waals surface area (Å²) in [5, 5.41) is 7.54. The van der Waals surface area contributed by atoms with Crippen molar-refractivity contribution >= 4 is 16.8 Å². The van der Waals surface area contributed by atoms with Gasteiger partial charge in [-0.25, -0.2) is 9.07 Å². The van der Waals surface area contributed by atoms with Crippen LogP contribution >= 0.6 is 0 Å². The second-order valence-corrected chi connectivity index (χ2v) is 6.55. The zero-order chi connectivity index (χ0) is 18.3. The first-order chi connectivity index (χ1) is 12.5. The van der Waals surface area contributed by atoms with Gasteiger partial charge in [-0.3, -0.25) is 4.79 Å². The summed E-state index contributed by atoms with van der Waals surface area (Å²) in [5.41, 5.74) is 7.28. The fourth-order valence-electron chi connectivity index (χ4n) is 3.48. The fraction of sp³-hybridized carbons (Fsp3) is 0.263. The average Bonchev–Trinajstić information content (AvgIpc) is 2.99. The van der Waals surface area contributed by atoms with Gasteiger partial charge < -0.3 is 11.1 Å². The summed E-state index contributed by atoms with van der Waals surface area (Å²) in [4.78, 5) is 11.5. The van der Waals surface area contributed by atoms with E-state index in [0.29, 0.717) is 18.7 Å². The lowest BCUT2D eigenvalue weighted by atomic mass is 9.91. The Morgan fingerprint density at radius 2 is 1.96 bits per heavy atom. The molecule has 1 fully saturated rings. The molecule has 7 heteroatoms. The largest absolute Gasteiger partial charge is 0.366 e. The second-order valence-electron chi connectivity index (χ2n) is 6.55. The van der Waals surface area contributed by atoms with Crippen LogP contribution in [0.1, 0.15) is 28.3 Å². The maximum atomic E-state index is 14.8. The van der Waals surface area contributed by atoms with Crippen LogP contribution in [-0.4, -0.2) is 34.9 Å². The lowest BCUT2D eigenvalue weighted by molar-refractivity contribution is 0.100. The first-order valence-electron chi connectivity index (χ1n) is 8.46. The molecule has 0 bridgehead atoms. The molecule has 2 aromatic carbocycles. The lowest BCUT2D eigenvalue weighted by Gasteiger charge is -2.26. The van der Waals surface area contributed by atoms with Crippen LogP contribution in [0.2, 0.25) is 0 Å². The van der Waals surface area contributed by atoms with Gasteiger partial charge in [0.1, 0.15) is 11.7 Å². The number of nitrogens with zero attached hydrogens (tertiary/aromatic N) is 2. The van der Waals surface area contributed by atoms with Gasteiger partial charge in [-0.1, -0.05) is 18.2 Å². The van der Waals surface area contributed by atoms with Gasteiger partial charge in [0.2, 0.25) is 5.95 Å². The van der Waals surface area contributed by atoms with Crippen molar-refractivity contribution in [3.05, 3.63) is 59.5 Å². The molecule has 3 aromatic rings. The first kappa shape index (κ1) is 16.7. The molecule has 1 aliphatic heterocycles. The Hall–Kier alpha value is -2.80. The number of carbonyl (C=O) groups excluding carboxylic acids is 1. The van der Waals surface area contributed by atoms with E-state index < -0.39 is 18.0 Å². The molecule has 1 aliphatic rings. The highest BCUT2D eigenvalue weighted by Crippen LogP contribution is 2.27. The van der Waals surface area contributed by atoms with E-state index in [1.165, 1.54) is 6.07 Å². The van der Waals surface area contributed by atoms with Gasteiger partial charge in [0, 0.05) is 13.1 Å². The van der Waals surface area contributed by atoms with E-state index in [0.717, 1.165) is 16.8 Å². The van der Waals surface area contributed by atoms with E-state index >= 15 is 0 Å². The SMILES string of the molecule is NC(=O)c1cccc2c(F)n(-c3ccc([C@H]4CNC[C@H](F)C4)cc3)nc12. The molecule has 1 amide bonds. The maximum Gasteiger partial charge on any atom is 0.250 e. The maximum absolute atomic E-state index is 14.8. The van der Waals surface area contributed by atoms with Crippen molar-refractivity contribution in [2.75, 3.05) is 13.1 Å². The predicted molar refractivity (Wildman–Crippen MR) is 94.7 cm³/mol.